The van der Waals surface area contributed by atoms with Gasteiger partial charge in [0.25, 0.3) is 0 Å². The quantitative estimate of drug-likeness (QED) is 0.774. The Bertz CT molecular complexity index is 271. The van der Waals surface area contributed by atoms with Crippen LogP contribution in [0.1, 0.15) is 40.0 Å². The standard InChI is InChI=1S/C13H22N2.C3H8/c1-11(2)4-5-12(3)10-15-8-6-13(14)7-9-15;1-3-2/h4-5,13H,1,3,6-10,14H2,2H3;3H2,1-2H3/b5-4-;. The van der Waals surface area contributed by atoms with E-state index in [-0.39, 0.29) is 0 Å². The van der Waals surface area contributed by atoms with Crippen LogP contribution in [-0.2, 0) is 0 Å². The van der Waals surface area contributed by atoms with E-state index in [1.165, 1.54) is 6.42 Å². The minimum absolute atomic E-state index is 0.403. The number of hydrogen-bond acceptors (Lipinski definition) is 2. The van der Waals surface area contributed by atoms with Gasteiger partial charge in [-0.1, -0.05) is 51.2 Å². The van der Waals surface area contributed by atoms with Gasteiger partial charge >= 0.3 is 0 Å². The van der Waals surface area contributed by atoms with E-state index in [2.05, 4.69) is 38.0 Å². The molecule has 18 heavy (non-hydrogen) atoms. The zero-order valence-electron chi connectivity index (χ0n) is 12.4. The fourth-order valence-corrected chi connectivity index (χ4v) is 1.71. The molecule has 2 N–H and O–H groups in total. The fraction of sp³-hybridized carbons (Fsp3) is 0.625. The molecular formula is C16H30N2. The van der Waals surface area contributed by atoms with Crippen LogP contribution in [0, 0.1) is 0 Å². The van der Waals surface area contributed by atoms with Crippen molar-refractivity contribution in [1.82, 2.24) is 4.90 Å². The van der Waals surface area contributed by atoms with E-state index >= 15 is 0 Å². The van der Waals surface area contributed by atoms with Crippen LogP contribution in [0.5, 0.6) is 0 Å². The Morgan fingerprint density at radius 2 is 1.72 bits per heavy atom. The van der Waals surface area contributed by atoms with Crippen molar-refractivity contribution in [1.29, 1.82) is 0 Å². The lowest BCUT2D eigenvalue weighted by Crippen LogP contribution is -2.40. The lowest BCUT2D eigenvalue weighted by atomic mass is 10.1. The fourth-order valence-electron chi connectivity index (χ4n) is 1.71. The molecule has 0 amide bonds. The van der Waals surface area contributed by atoms with Crippen LogP contribution in [0.3, 0.4) is 0 Å². The van der Waals surface area contributed by atoms with Gasteiger partial charge in [-0.25, -0.2) is 0 Å². The van der Waals surface area contributed by atoms with E-state index in [0.29, 0.717) is 6.04 Å². The van der Waals surface area contributed by atoms with Crippen molar-refractivity contribution in [3.8, 4) is 0 Å². The van der Waals surface area contributed by atoms with Crippen molar-refractivity contribution in [2.45, 2.75) is 46.1 Å². The first kappa shape index (κ1) is 17.1. The summed E-state index contributed by atoms with van der Waals surface area (Å²) in [6.07, 6.45) is 7.53. The lowest BCUT2D eigenvalue weighted by Gasteiger charge is -2.30. The molecule has 1 rings (SSSR count). The predicted molar refractivity (Wildman–Crippen MR) is 82.7 cm³/mol. The average molecular weight is 250 g/mol. The highest BCUT2D eigenvalue weighted by atomic mass is 15.1. The van der Waals surface area contributed by atoms with Gasteiger partial charge in [-0.3, -0.25) is 4.90 Å². The third-order valence-corrected chi connectivity index (χ3v) is 2.66. The van der Waals surface area contributed by atoms with Crippen LogP contribution < -0.4 is 5.73 Å². The Kier molecular flexibility index (Phi) is 9.62. The third-order valence-electron chi connectivity index (χ3n) is 2.66. The van der Waals surface area contributed by atoms with Crippen molar-refractivity contribution >= 4 is 0 Å². The summed E-state index contributed by atoms with van der Waals surface area (Å²) in [6, 6.07) is 0.403. The van der Waals surface area contributed by atoms with Crippen LogP contribution in [0.15, 0.2) is 36.5 Å². The summed E-state index contributed by atoms with van der Waals surface area (Å²) in [5, 5.41) is 0. The topological polar surface area (TPSA) is 29.3 Å². The lowest BCUT2D eigenvalue weighted by molar-refractivity contribution is 0.230. The first-order chi connectivity index (χ1) is 8.49. The van der Waals surface area contributed by atoms with E-state index in [1.807, 2.05) is 13.0 Å². The largest absolute Gasteiger partial charge is 0.328 e. The number of piperidine rings is 1. The summed E-state index contributed by atoms with van der Waals surface area (Å²) in [4.78, 5) is 2.41. The van der Waals surface area contributed by atoms with Gasteiger partial charge < -0.3 is 5.73 Å². The zero-order chi connectivity index (χ0) is 14.0. The number of nitrogens with zero attached hydrogens (tertiary/aromatic N) is 1. The van der Waals surface area contributed by atoms with Crippen molar-refractivity contribution in [2.75, 3.05) is 19.6 Å². The van der Waals surface area contributed by atoms with Gasteiger partial charge in [0.1, 0.15) is 0 Å². The Balaban J connectivity index is 0.000000873. The van der Waals surface area contributed by atoms with Crippen LogP contribution >= 0.6 is 0 Å². The molecule has 1 aliphatic rings. The van der Waals surface area contributed by atoms with Gasteiger partial charge in [0, 0.05) is 12.6 Å². The molecule has 0 aromatic rings. The molecule has 1 fully saturated rings. The van der Waals surface area contributed by atoms with E-state index in [4.69, 9.17) is 5.73 Å². The molecule has 0 bridgehead atoms. The van der Waals surface area contributed by atoms with Gasteiger partial charge in [-0.15, -0.1) is 0 Å². The summed E-state index contributed by atoms with van der Waals surface area (Å²) >= 11 is 0. The molecular weight excluding hydrogens is 220 g/mol. The van der Waals surface area contributed by atoms with Gasteiger partial charge in [0.2, 0.25) is 0 Å². The molecule has 1 heterocycles. The van der Waals surface area contributed by atoms with Gasteiger partial charge in [0.15, 0.2) is 0 Å². The molecule has 104 valence electrons. The Labute approximate surface area is 113 Å². The Hall–Kier alpha value is -0.860. The van der Waals surface area contributed by atoms with Crippen molar-refractivity contribution in [3.05, 3.63) is 36.5 Å². The number of likely N-dealkylation sites (tertiary alicyclic amines) is 1. The first-order valence-corrected chi connectivity index (χ1v) is 6.98. The second-order valence-electron chi connectivity index (χ2n) is 5.16. The minimum atomic E-state index is 0.403. The molecule has 0 aromatic carbocycles. The van der Waals surface area contributed by atoms with Crippen LogP contribution in [0.4, 0.5) is 0 Å². The summed E-state index contributed by atoms with van der Waals surface area (Å²) in [5.74, 6) is 0. The van der Waals surface area contributed by atoms with Crippen LogP contribution in [-0.4, -0.2) is 30.6 Å². The van der Waals surface area contributed by atoms with E-state index in [9.17, 15) is 0 Å². The van der Waals surface area contributed by atoms with Crippen LogP contribution in [0.2, 0.25) is 0 Å². The minimum Gasteiger partial charge on any atom is -0.328 e. The van der Waals surface area contributed by atoms with Crippen molar-refractivity contribution in [3.63, 3.8) is 0 Å². The highest BCUT2D eigenvalue weighted by Crippen LogP contribution is 2.10. The van der Waals surface area contributed by atoms with Gasteiger partial charge in [-0.2, -0.15) is 0 Å². The molecule has 0 aliphatic carbocycles. The molecule has 2 nitrogen and oxygen atoms in total. The molecule has 0 spiro atoms. The molecule has 0 radical (unpaired) electrons. The molecule has 0 atom stereocenters. The summed E-state index contributed by atoms with van der Waals surface area (Å²) in [5.41, 5.74) is 8.06. The molecule has 1 saturated heterocycles. The van der Waals surface area contributed by atoms with Crippen molar-refractivity contribution in [2.24, 2.45) is 5.73 Å². The van der Waals surface area contributed by atoms with Gasteiger partial charge in [-0.05, 0) is 38.4 Å². The number of allylic oxidation sites excluding steroid dienone is 2. The van der Waals surface area contributed by atoms with Crippen molar-refractivity contribution < 1.29 is 0 Å². The second-order valence-corrected chi connectivity index (χ2v) is 5.16. The maximum Gasteiger partial charge on any atom is 0.0227 e. The molecule has 0 aromatic heterocycles. The molecule has 1 aliphatic heterocycles. The normalized spacial score (nSPS) is 17.3. The SMILES string of the molecule is C=C(C)/C=C\C(=C)CN1CCC(N)CC1.CCC. The Morgan fingerprint density at radius 1 is 1.22 bits per heavy atom. The Morgan fingerprint density at radius 3 is 2.17 bits per heavy atom. The average Bonchev–Trinajstić information content (AvgIpc) is 2.31. The summed E-state index contributed by atoms with van der Waals surface area (Å²) in [7, 11) is 0. The second kappa shape index (κ2) is 10.1. The maximum atomic E-state index is 5.85. The van der Waals surface area contributed by atoms with E-state index < -0.39 is 0 Å². The van der Waals surface area contributed by atoms with Gasteiger partial charge in [0.05, 0.1) is 0 Å². The third kappa shape index (κ3) is 9.20. The molecule has 0 unspecified atom stereocenters. The monoisotopic (exact) mass is 250 g/mol. The maximum absolute atomic E-state index is 5.85. The first-order valence-electron chi connectivity index (χ1n) is 6.98. The zero-order valence-corrected chi connectivity index (χ0v) is 12.4. The number of nitrogens with two attached hydrogens (primary N) is 1. The van der Waals surface area contributed by atoms with Crippen LogP contribution in [0.25, 0.3) is 0 Å². The van der Waals surface area contributed by atoms with E-state index in [1.54, 1.807) is 0 Å². The molecule has 0 saturated carbocycles. The summed E-state index contributed by atoms with van der Waals surface area (Å²) < 4.78 is 0. The highest BCUT2D eigenvalue weighted by Gasteiger charge is 2.15. The summed E-state index contributed by atoms with van der Waals surface area (Å²) in [6.45, 7) is 17.3. The number of rotatable bonds is 4. The highest BCUT2D eigenvalue weighted by molar-refractivity contribution is 5.23. The predicted octanol–water partition coefficient (Wildman–Crippen LogP) is 3.51. The van der Waals surface area contributed by atoms with E-state index in [0.717, 1.165) is 43.6 Å². The smallest absolute Gasteiger partial charge is 0.0227 e. The molecule has 2 heteroatoms. The number of hydrogen-bond donors (Lipinski definition) is 1.